The fourth-order valence-corrected chi connectivity index (χ4v) is 3.48. The number of Topliss-reactive ketones (excluding diaryl/α,β-unsaturated/α-hetero) is 1. The second kappa shape index (κ2) is 8.75. The molecule has 0 saturated carbocycles. The van der Waals surface area contributed by atoms with E-state index in [1.165, 1.54) is 6.92 Å². The van der Waals surface area contributed by atoms with Crippen molar-refractivity contribution in [2.24, 2.45) is 7.05 Å². The molecule has 1 amide bonds. The number of benzene rings is 2. The Hall–Kier alpha value is -3.06. The lowest BCUT2D eigenvalue weighted by Crippen LogP contribution is -2.15. The number of carbonyl (C=O) groups excluding carboxylic acids is 2. The molecule has 0 saturated heterocycles. The largest absolute Gasteiger partial charge is 0.496 e. The van der Waals surface area contributed by atoms with Crippen molar-refractivity contribution in [3.63, 3.8) is 0 Å². The van der Waals surface area contributed by atoms with Crippen molar-refractivity contribution in [1.82, 2.24) is 9.55 Å². The van der Waals surface area contributed by atoms with Gasteiger partial charge in [-0.25, -0.2) is 4.98 Å². The Kier molecular flexibility index (Phi) is 6.16. The number of nitrogens with one attached hydrogen (secondary N) is 1. The number of carbonyl (C=O) groups is 2. The molecular weight excluding hydrogens is 374 g/mol. The molecule has 1 heterocycles. The number of imidazole rings is 1. The molecule has 3 rings (SSSR count). The van der Waals surface area contributed by atoms with E-state index in [-0.39, 0.29) is 18.1 Å². The van der Waals surface area contributed by atoms with E-state index in [0.29, 0.717) is 22.6 Å². The Labute approximate surface area is 167 Å². The summed E-state index contributed by atoms with van der Waals surface area (Å²) in [4.78, 5) is 29.4. The maximum Gasteiger partial charge on any atom is 0.228 e. The summed E-state index contributed by atoms with van der Waals surface area (Å²) in [5.41, 5.74) is 1.93. The molecule has 2 aromatic carbocycles. The van der Waals surface area contributed by atoms with E-state index in [4.69, 9.17) is 4.74 Å². The molecule has 3 aromatic rings. The van der Waals surface area contributed by atoms with Gasteiger partial charge in [0.15, 0.2) is 10.9 Å². The van der Waals surface area contributed by atoms with E-state index in [1.807, 2.05) is 42.1 Å². The highest BCUT2D eigenvalue weighted by Gasteiger charge is 2.12. The van der Waals surface area contributed by atoms with E-state index in [0.717, 1.165) is 10.1 Å². The van der Waals surface area contributed by atoms with Crippen LogP contribution in [-0.4, -0.2) is 28.4 Å². The molecule has 7 heteroatoms. The van der Waals surface area contributed by atoms with Crippen LogP contribution in [0.4, 0.5) is 5.69 Å². The molecule has 0 atom stereocenters. The van der Waals surface area contributed by atoms with Crippen molar-refractivity contribution in [3.05, 3.63) is 66.0 Å². The minimum atomic E-state index is -0.177. The fourth-order valence-electron chi connectivity index (χ4n) is 2.68. The molecule has 28 heavy (non-hydrogen) atoms. The van der Waals surface area contributed by atoms with Crippen LogP contribution in [0.5, 0.6) is 5.75 Å². The summed E-state index contributed by atoms with van der Waals surface area (Å²) in [7, 11) is 3.49. The predicted molar refractivity (Wildman–Crippen MR) is 109 cm³/mol. The van der Waals surface area contributed by atoms with Gasteiger partial charge in [-0.1, -0.05) is 11.8 Å². The average Bonchev–Trinajstić information content (AvgIpc) is 3.07. The molecule has 6 nitrogen and oxygen atoms in total. The van der Waals surface area contributed by atoms with Crippen molar-refractivity contribution in [2.75, 3.05) is 12.4 Å². The zero-order valence-corrected chi connectivity index (χ0v) is 16.7. The summed E-state index contributed by atoms with van der Waals surface area (Å²) >= 11 is 1.55. The molecule has 1 N–H and O–H groups in total. The van der Waals surface area contributed by atoms with Crippen LogP contribution < -0.4 is 10.1 Å². The molecule has 0 aliphatic heterocycles. The topological polar surface area (TPSA) is 73.2 Å². The number of aromatic nitrogens is 2. The van der Waals surface area contributed by atoms with Crippen LogP contribution in [0.3, 0.4) is 0 Å². The minimum absolute atomic E-state index is 0.0508. The van der Waals surface area contributed by atoms with Crippen LogP contribution in [0.1, 0.15) is 22.8 Å². The minimum Gasteiger partial charge on any atom is -0.496 e. The number of nitrogens with zero attached hydrogens (tertiary/aromatic N) is 2. The van der Waals surface area contributed by atoms with Crippen LogP contribution in [-0.2, 0) is 18.3 Å². The third-order valence-corrected chi connectivity index (χ3v) is 5.25. The summed E-state index contributed by atoms with van der Waals surface area (Å²) in [6, 6.07) is 12.7. The lowest BCUT2D eigenvalue weighted by molar-refractivity contribution is -0.115. The highest BCUT2D eigenvalue weighted by atomic mass is 32.2. The first-order valence-corrected chi connectivity index (χ1v) is 9.51. The number of hydrogen-bond acceptors (Lipinski definition) is 5. The van der Waals surface area contributed by atoms with Gasteiger partial charge < -0.3 is 14.6 Å². The lowest BCUT2D eigenvalue weighted by atomic mass is 10.0. The van der Waals surface area contributed by atoms with Crippen molar-refractivity contribution >= 4 is 29.1 Å². The summed E-state index contributed by atoms with van der Waals surface area (Å²) in [6.07, 6.45) is 3.77. The molecule has 0 aliphatic carbocycles. The Morgan fingerprint density at radius 1 is 1.18 bits per heavy atom. The Morgan fingerprint density at radius 3 is 2.54 bits per heavy atom. The van der Waals surface area contributed by atoms with Crippen LogP contribution >= 0.6 is 11.8 Å². The summed E-state index contributed by atoms with van der Waals surface area (Å²) < 4.78 is 7.25. The number of ether oxygens (including phenoxy) is 1. The maximum atomic E-state index is 12.4. The smallest absolute Gasteiger partial charge is 0.228 e. The molecule has 0 aliphatic rings. The number of methoxy groups -OCH3 is 1. The van der Waals surface area contributed by atoms with E-state index < -0.39 is 0 Å². The highest BCUT2D eigenvalue weighted by molar-refractivity contribution is 7.99. The Morgan fingerprint density at radius 2 is 1.93 bits per heavy atom. The number of aryl methyl sites for hydroxylation is 1. The highest BCUT2D eigenvalue weighted by Crippen LogP contribution is 2.27. The third kappa shape index (κ3) is 4.80. The molecule has 0 spiro atoms. The Bertz CT molecular complexity index is 996. The van der Waals surface area contributed by atoms with E-state index in [2.05, 4.69) is 10.3 Å². The predicted octanol–water partition coefficient (Wildman–Crippen LogP) is 3.96. The lowest BCUT2D eigenvalue weighted by Gasteiger charge is -2.11. The zero-order valence-electron chi connectivity index (χ0n) is 15.9. The number of ketones is 1. The van der Waals surface area contributed by atoms with Gasteiger partial charge in [0.25, 0.3) is 0 Å². The van der Waals surface area contributed by atoms with E-state index in [1.54, 1.807) is 43.3 Å². The summed E-state index contributed by atoms with van der Waals surface area (Å²) in [5.74, 6) is 0.357. The molecule has 144 valence electrons. The first-order valence-electron chi connectivity index (χ1n) is 8.69. The monoisotopic (exact) mass is 395 g/mol. The summed E-state index contributed by atoms with van der Waals surface area (Å²) in [6.45, 7) is 1.50. The second-order valence-electron chi connectivity index (χ2n) is 6.25. The van der Waals surface area contributed by atoms with Gasteiger partial charge in [-0.3, -0.25) is 9.59 Å². The average molecular weight is 395 g/mol. The number of rotatable bonds is 7. The molecule has 0 bridgehead atoms. The van der Waals surface area contributed by atoms with Crippen molar-refractivity contribution in [3.8, 4) is 5.75 Å². The summed E-state index contributed by atoms with van der Waals surface area (Å²) in [5, 5.41) is 3.78. The van der Waals surface area contributed by atoms with E-state index in [9.17, 15) is 9.59 Å². The quantitative estimate of drug-likeness (QED) is 0.613. The van der Waals surface area contributed by atoms with Gasteiger partial charge in [0.1, 0.15) is 5.75 Å². The third-order valence-electron chi connectivity index (χ3n) is 4.16. The molecule has 0 radical (unpaired) electrons. The molecular formula is C21H21N3O3S. The number of anilines is 1. The number of hydrogen-bond donors (Lipinski definition) is 1. The molecule has 0 unspecified atom stereocenters. The van der Waals surface area contributed by atoms with Gasteiger partial charge in [-0.2, -0.15) is 0 Å². The van der Waals surface area contributed by atoms with Crippen LogP contribution in [0.2, 0.25) is 0 Å². The normalized spacial score (nSPS) is 10.5. The van der Waals surface area contributed by atoms with Crippen molar-refractivity contribution in [1.29, 1.82) is 0 Å². The van der Waals surface area contributed by atoms with Gasteiger partial charge in [-0.15, -0.1) is 0 Å². The van der Waals surface area contributed by atoms with Crippen LogP contribution in [0.15, 0.2) is 64.9 Å². The Balaban J connectivity index is 1.66. The van der Waals surface area contributed by atoms with Gasteiger partial charge in [0, 0.05) is 41.2 Å². The first-order chi connectivity index (χ1) is 13.5. The fraction of sp³-hybridized carbons (Fsp3) is 0.190. The number of amides is 1. The second-order valence-corrected chi connectivity index (χ2v) is 7.30. The van der Waals surface area contributed by atoms with Gasteiger partial charge in [0.2, 0.25) is 5.91 Å². The van der Waals surface area contributed by atoms with Crippen LogP contribution in [0.25, 0.3) is 0 Å². The van der Waals surface area contributed by atoms with Crippen molar-refractivity contribution in [2.45, 2.75) is 23.4 Å². The van der Waals surface area contributed by atoms with Gasteiger partial charge in [0.05, 0.1) is 13.5 Å². The van der Waals surface area contributed by atoms with E-state index >= 15 is 0 Å². The SMILES string of the molecule is COc1ccc(C(C)=O)cc1CC(=O)Nc1ccc(Sc2nccn2C)cc1. The first kappa shape index (κ1) is 19.7. The standard InChI is InChI=1S/C21H21N3O3S/c1-14(25)15-4-9-19(27-3)16(12-15)13-20(26)23-17-5-7-18(8-6-17)28-21-22-10-11-24(21)2/h4-12H,13H2,1-3H3,(H,23,26). The molecule has 0 fully saturated rings. The maximum absolute atomic E-state index is 12.4. The van der Waals surface area contributed by atoms with Crippen molar-refractivity contribution < 1.29 is 14.3 Å². The zero-order chi connectivity index (χ0) is 20.1. The van der Waals surface area contributed by atoms with Crippen LogP contribution in [0, 0.1) is 0 Å². The van der Waals surface area contributed by atoms with Gasteiger partial charge in [-0.05, 0) is 49.4 Å². The molecule has 1 aromatic heterocycles. The van der Waals surface area contributed by atoms with Gasteiger partial charge >= 0.3 is 0 Å².